The number of halogens is 3. The molecule has 0 radical (unpaired) electrons. The average molecular weight is 490 g/mol. The zero-order valence-corrected chi connectivity index (χ0v) is 18.2. The average Bonchev–Trinajstić information content (AvgIpc) is 2.78. The first-order valence-electron chi connectivity index (χ1n) is 9.91. The lowest BCUT2D eigenvalue weighted by Gasteiger charge is -2.15. The molecule has 3 aromatic rings. The summed E-state index contributed by atoms with van der Waals surface area (Å²) >= 11 is 0. The van der Waals surface area contributed by atoms with Crippen LogP contribution >= 0.6 is 0 Å². The second-order valence-electron chi connectivity index (χ2n) is 7.30. The lowest BCUT2D eigenvalue weighted by atomic mass is 10.2. The molecule has 13 heteroatoms. The van der Waals surface area contributed by atoms with Crippen molar-refractivity contribution in [3.8, 4) is 5.69 Å². The molecule has 0 aliphatic rings. The van der Waals surface area contributed by atoms with Crippen LogP contribution in [0.15, 0.2) is 59.4 Å². The maximum absolute atomic E-state index is 13.1. The van der Waals surface area contributed by atoms with E-state index in [4.69, 9.17) is 4.74 Å². The summed E-state index contributed by atoms with van der Waals surface area (Å²) in [4.78, 5) is 47.4. The molecule has 1 unspecified atom stereocenters. The Kier molecular flexibility index (Phi) is 6.99. The van der Waals surface area contributed by atoms with E-state index in [2.05, 4.69) is 10.4 Å². The van der Waals surface area contributed by atoms with Gasteiger partial charge >= 0.3 is 12.1 Å². The summed E-state index contributed by atoms with van der Waals surface area (Å²) < 4.78 is 45.2. The topological polar surface area (TPSA) is 133 Å². The van der Waals surface area contributed by atoms with Crippen molar-refractivity contribution in [1.82, 2.24) is 9.78 Å². The van der Waals surface area contributed by atoms with Crippen molar-refractivity contribution in [2.24, 2.45) is 0 Å². The van der Waals surface area contributed by atoms with Gasteiger partial charge in [-0.25, -0.2) is 9.48 Å². The Labute approximate surface area is 195 Å². The quantitative estimate of drug-likeness (QED) is 0.317. The van der Waals surface area contributed by atoms with Crippen molar-refractivity contribution >= 4 is 23.3 Å². The normalized spacial score (nSPS) is 12.0. The molecular formula is C22H17F3N4O6. The predicted molar refractivity (Wildman–Crippen MR) is 116 cm³/mol. The molecule has 35 heavy (non-hydrogen) atoms. The Balaban J connectivity index is 1.82. The number of ether oxygens (including phenoxy) is 1. The number of nitro benzene ring substituents is 1. The number of hydrogen-bond acceptors (Lipinski definition) is 7. The van der Waals surface area contributed by atoms with Gasteiger partial charge in [0.25, 0.3) is 11.6 Å². The maximum atomic E-state index is 13.1. The molecule has 0 fully saturated rings. The summed E-state index contributed by atoms with van der Waals surface area (Å²) in [5, 5.41) is 17.1. The zero-order chi connectivity index (χ0) is 25.9. The van der Waals surface area contributed by atoms with Gasteiger partial charge in [0.2, 0.25) is 11.1 Å². The Bertz CT molecular complexity index is 1370. The molecule has 1 atom stereocenters. The number of esters is 1. The fraction of sp³-hybridized carbons (Fsp3) is 0.182. The van der Waals surface area contributed by atoms with Gasteiger partial charge in [-0.05, 0) is 38.1 Å². The number of carbonyl (C=O) groups is 2. The van der Waals surface area contributed by atoms with E-state index in [-0.39, 0.29) is 22.8 Å². The molecule has 3 rings (SSSR count). The van der Waals surface area contributed by atoms with Crippen LogP contribution in [0.3, 0.4) is 0 Å². The van der Waals surface area contributed by atoms with Crippen molar-refractivity contribution in [3.05, 3.63) is 91.9 Å². The number of aromatic nitrogens is 2. The number of nitrogens with zero attached hydrogens (tertiary/aromatic N) is 3. The van der Waals surface area contributed by atoms with Crippen LogP contribution in [0.5, 0.6) is 0 Å². The van der Waals surface area contributed by atoms with Gasteiger partial charge in [-0.1, -0.05) is 12.1 Å². The second-order valence-corrected chi connectivity index (χ2v) is 7.30. The third-order valence-corrected chi connectivity index (χ3v) is 4.70. The fourth-order valence-electron chi connectivity index (χ4n) is 2.98. The van der Waals surface area contributed by atoms with Gasteiger partial charge < -0.3 is 10.1 Å². The van der Waals surface area contributed by atoms with E-state index in [9.17, 15) is 37.7 Å². The number of nitrogens with one attached hydrogen (secondary N) is 1. The van der Waals surface area contributed by atoms with Crippen molar-refractivity contribution in [2.45, 2.75) is 26.1 Å². The van der Waals surface area contributed by atoms with E-state index in [1.165, 1.54) is 38.1 Å². The first kappa shape index (κ1) is 25.1. The molecule has 10 nitrogen and oxygen atoms in total. The highest BCUT2D eigenvalue weighted by Gasteiger charge is 2.31. The summed E-state index contributed by atoms with van der Waals surface area (Å²) in [6, 6.07) is 10.2. The van der Waals surface area contributed by atoms with Crippen LogP contribution in [-0.4, -0.2) is 32.7 Å². The SMILES string of the molecule is Cc1cc(=O)c(C(=O)OC(C)C(=O)Nc2cccc([N+](=O)[O-])c2)nn1-c1cccc(C(F)(F)F)c1. The first-order chi connectivity index (χ1) is 16.4. The fourth-order valence-corrected chi connectivity index (χ4v) is 2.98. The molecular weight excluding hydrogens is 473 g/mol. The van der Waals surface area contributed by atoms with Gasteiger partial charge in [-0.2, -0.15) is 18.3 Å². The second kappa shape index (κ2) is 9.75. The molecule has 1 heterocycles. The molecule has 0 saturated carbocycles. The highest BCUT2D eigenvalue weighted by Crippen LogP contribution is 2.30. The molecule has 1 N–H and O–H groups in total. The minimum absolute atomic E-state index is 0.0529. The molecule has 0 aliphatic carbocycles. The minimum atomic E-state index is -4.62. The highest BCUT2D eigenvalue weighted by atomic mass is 19.4. The molecule has 2 aromatic carbocycles. The number of alkyl halides is 3. The first-order valence-corrected chi connectivity index (χ1v) is 9.91. The summed E-state index contributed by atoms with van der Waals surface area (Å²) in [7, 11) is 0. The number of hydrogen-bond donors (Lipinski definition) is 1. The zero-order valence-electron chi connectivity index (χ0n) is 18.2. The van der Waals surface area contributed by atoms with Crippen LogP contribution in [0.2, 0.25) is 0 Å². The number of carbonyl (C=O) groups excluding carboxylic acids is 2. The van der Waals surface area contributed by atoms with Crippen molar-refractivity contribution in [3.63, 3.8) is 0 Å². The van der Waals surface area contributed by atoms with Crippen LogP contribution in [0, 0.1) is 17.0 Å². The van der Waals surface area contributed by atoms with Gasteiger partial charge in [-0.3, -0.25) is 19.7 Å². The highest BCUT2D eigenvalue weighted by molar-refractivity contribution is 5.97. The lowest BCUT2D eigenvalue weighted by Crippen LogP contribution is -2.32. The number of non-ortho nitro benzene ring substituents is 1. The number of amides is 1. The standard InChI is InChI=1S/C22H17F3N4O6/c1-12-9-18(30)19(27-28(12)16-7-3-5-14(10-16)22(23,24)25)21(32)35-13(2)20(31)26-15-6-4-8-17(11-15)29(33)34/h3-11,13H,1-2H3,(H,26,31). The maximum Gasteiger partial charge on any atom is 0.416 e. The lowest BCUT2D eigenvalue weighted by molar-refractivity contribution is -0.384. The van der Waals surface area contributed by atoms with Gasteiger partial charge in [-0.15, -0.1) is 0 Å². The van der Waals surface area contributed by atoms with Crippen LogP contribution in [-0.2, 0) is 15.7 Å². The van der Waals surface area contributed by atoms with E-state index >= 15 is 0 Å². The van der Waals surface area contributed by atoms with Gasteiger partial charge in [0.1, 0.15) is 0 Å². The van der Waals surface area contributed by atoms with Crippen molar-refractivity contribution in [1.29, 1.82) is 0 Å². The van der Waals surface area contributed by atoms with Crippen LogP contribution in [0.25, 0.3) is 5.69 Å². The predicted octanol–water partition coefficient (Wildman–Crippen LogP) is 3.65. The smallest absolute Gasteiger partial charge is 0.416 e. The molecule has 1 amide bonds. The Morgan fingerprint density at radius 1 is 1.14 bits per heavy atom. The Hall–Kier alpha value is -4.55. The Morgan fingerprint density at radius 3 is 2.49 bits per heavy atom. The van der Waals surface area contributed by atoms with E-state index in [1.807, 2.05) is 0 Å². The number of benzene rings is 2. The largest absolute Gasteiger partial charge is 0.448 e. The van der Waals surface area contributed by atoms with Crippen molar-refractivity contribution < 1.29 is 32.4 Å². The van der Waals surface area contributed by atoms with Crippen LogP contribution < -0.4 is 10.7 Å². The third-order valence-electron chi connectivity index (χ3n) is 4.70. The molecule has 0 aliphatic heterocycles. The van der Waals surface area contributed by atoms with E-state index in [0.29, 0.717) is 0 Å². The summed E-state index contributed by atoms with van der Waals surface area (Å²) in [6.45, 7) is 2.61. The number of rotatable bonds is 6. The molecule has 0 spiro atoms. The van der Waals surface area contributed by atoms with E-state index in [0.717, 1.165) is 35.0 Å². The van der Waals surface area contributed by atoms with Gasteiger partial charge in [0.05, 0.1) is 16.2 Å². The molecule has 182 valence electrons. The van der Waals surface area contributed by atoms with Crippen molar-refractivity contribution in [2.75, 3.05) is 5.32 Å². The monoisotopic (exact) mass is 490 g/mol. The van der Waals surface area contributed by atoms with E-state index in [1.54, 1.807) is 0 Å². The number of aryl methyl sites for hydroxylation is 1. The van der Waals surface area contributed by atoms with E-state index < -0.39 is 45.8 Å². The minimum Gasteiger partial charge on any atom is -0.448 e. The number of anilines is 1. The van der Waals surface area contributed by atoms with Crippen LogP contribution in [0.1, 0.15) is 28.7 Å². The molecule has 0 saturated heterocycles. The van der Waals surface area contributed by atoms with Gasteiger partial charge in [0.15, 0.2) is 6.10 Å². The molecule has 1 aromatic heterocycles. The summed E-state index contributed by atoms with van der Waals surface area (Å²) in [6.07, 6.45) is -6.06. The van der Waals surface area contributed by atoms with Crippen LogP contribution in [0.4, 0.5) is 24.5 Å². The third kappa shape index (κ3) is 5.88. The van der Waals surface area contributed by atoms with Gasteiger partial charge in [0, 0.05) is 29.6 Å². The summed E-state index contributed by atoms with van der Waals surface area (Å²) in [5.41, 5.74) is -2.65. The molecule has 0 bridgehead atoms. The number of nitro groups is 1. The summed E-state index contributed by atoms with van der Waals surface area (Å²) in [5.74, 6) is -2.12. The Morgan fingerprint density at radius 2 is 1.83 bits per heavy atom.